The number of halogens is 4. The molecule has 4 aliphatic heterocycles. The van der Waals surface area contributed by atoms with Crippen LogP contribution in [0.4, 0.5) is 13.2 Å². The molecule has 0 unspecified atom stereocenters. The highest BCUT2D eigenvalue weighted by Crippen LogP contribution is 2.38. The molecule has 6 aliphatic rings. The van der Waals surface area contributed by atoms with Crippen LogP contribution in [0, 0.1) is 23.7 Å². The second kappa shape index (κ2) is 34.1. The number of carbonyl (C=O) groups is 12. The Bertz CT molecular complexity index is 3140. The van der Waals surface area contributed by atoms with Crippen molar-refractivity contribution in [1.82, 2.24) is 60.0 Å². The van der Waals surface area contributed by atoms with E-state index in [-0.39, 0.29) is 64.0 Å². The zero-order valence-corrected chi connectivity index (χ0v) is 61.1. The number of piperidine rings is 1. The van der Waals surface area contributed by atoms with Crippen LogP contribution in [-0.4, -0.2) is 250 Å². The molecule has 24 nitrogen and oxygen atoms in total. The molecule has 10 atom stereocenters. The molecule has 1 aromatic carbocycles. The minimum absolute atomic E-state index is 0.0230. The van der Waals surface area contributed by atoms with Gasteiger partial charge in [0.05, 0.1) is 23.6 Å². The number of rotatable bonds is 10. The molecular formula is C71H108ClF3N12O12. The van der Waals surface area contributed by atoms with Crippen molar-refractivity contribution in [2.45, 2.75) is 243 Å². The van der Waals surface area contributed by atoms with Gasteiger partial charge in [0.1, 0.15) is 59.9 Å². The summed E-state index contributed by atoms with van der Waals surface area (Å²) in [6, 6.07) is -7.87. The molecule has 0 radical (unpaired) electrons. The van der Waals surface area contributed by atoms with E-state index in [1.54, 1.807) is 39.5 Å². The van der Waals surface area contributed by atoms with Crippen molar-refractivity contribution >= 4 is 82.5 Å². The summed E-state index contributed by atoms with van der Waals surface area (Å²) in [5.74, 6) is -9.32. The number of likely N-dealkylation sites (tertiary alicyclic amines) is 1. The molecule has 99 heavy (non-hydrogen) atoms. The lowest BCUT2D eigenvalue weighted by Crippen LogP contribution is -2.65. The van der Waals surface area contributed by atoms with Crippen LogP contribution < -0.4 is 16.0 Å². The first-order valence-corrected chi connectivity index (χ1v) is 36.2. The van der Waals surface area contributed by atoms with Gasteiger partial charge in [-0.25, -0.2) is 0 Å². The second-order valence-electron chi connectivity index (χ2n) is 29.5. The number of hydrogen-bond acceptors (Lipinski definition) is 12. The number of benzene rings is 1. The van der Waals surface area contributed by atoms with Crippen LogP contribution in [-0.2, 0) is 70.1 Å². The average Bonchev–Trinajstić information content (AvgIpc) is 1.59. The van der Waals surface area contributed by atoms with Gasteiger partial charge in [0, 0.05) is 68.5 Å². The lowest BCUT2D eigenvalue weighted by molar-refractivity contribution is -0.160. The summed E-state index contributed by atoms with van der Waals surface area (Å²) in [5.41, 5.74) is -2.35. The number of nitrogens with one attached hydrogen (secondary N) is 3. The Balaban J connectivity index is 1.28. The van der Waals surface area contributed by atoms with Crippen molar-refractivity contribution in [1.29, 1.82) is 0 Å². The van der Waals surface area contributed by atoms with E-state index in [0.717, 1.165) is 55.6 Å². The largest absolute Gasteiger partial charge is 0.417 e. The summed E-state index contributed by atoms with van der Waals surface area (Å²) in [6.07, 6.45) is 3.63. The van der Waals surface area contributed by atoms with E-state index >= 15 is 19.2 Å². The zero-order valence-electron chi connectivity index (χ0n) is 60.4. The third-order valence-electron chi connectivity index (χ3n) is 22.0. The molecule has 0 bridgehead atoms. The van der Waals surface area contributed by atoms with Crippen molar-refractivity contribution in [3.05, 3.63) is 34.3 Å². The van der Waals surface area contributed by atoms with Gasteiger partial charge in [-0.15, -0.1) is 0 Å². The molecule has 6 fully saturated rings. The predicted molar refractivity (Wildman–Crippen MR) is 364 cm³/mol. The summed E-state index contributed by atoms with van der Waals surface area (Å²) in [7, 11) is 8.57. The van der Waals surface area contributed by atoms with Crippen LogP contribution in [0.5, 0.6) is 0 Å². The van der Waals surface area contributed by atoms with Crippen LogP contribution in [0.3, 0.4) is 0 Å². The first-order chi connectivity index (χ1) is 46.6. The van der Waals surface area contributed by atoms with E-state index in [1.165, 1.54) is 89.6 Å². The van der Waals surface area contributed by atoms with Crippen LogP contribution in [0.25, 0.3) is 0 Å². The molecule has 7 rings (SSSR count). The Morgan fingerprint density at radius 2 is 1.24 bits per heavy atom. The van der Waals surface area contributed by atoms with Crippen molar-refractivity contribution in [3.63, 3.8) is 0 Å². The fourth-order valence-electron chi connectivity index (χ4n) is 15.5. The van der Waals surface area contributed by atoms with Crippen LogP contribution in [0.2, 0.25) is 5.02 Å². The molecule has 1 aromatic rings. The lowest BCUT2D eigenvalue weighted by Gasteiger charge is -2.45. The summed E-state index contributed by atoms with van der Waals surface area (Å²) in [4.78, 5) is 191. The highest BCUT2D eigenvalue weighted by Gasteiger charge is 2.52. The van der Waals surface area contributed by atoms with Gasteiger partial charge in [-0.05, 0) is 119 Å². The summed E-state index contributed by atoms with van der Waals surface area (Å²) in [5, 5.41) is 8.13. The number of hydrogen-bond donors (Lipinski definition) is 3. The number of aryl methyl sites for hydroxylation is 1. The van der Waals surface area contributed by atoms with Gasteiger partial charge < -0.3 is 60.0 Å². The van der Waals surface area contributed by atoms with E-state index < -0.39 is 178 Å². The number of amides is 12. The monoisotopic (exact) mass is 1410 g/mol. The Hall–Kier alpha value is -7.06. The topological polar surface area (TPSA) is 270 Å². The SMILES string of the molecule is CC[C@H](C)[C@@H]1NC(=O)[C@H](C(C)C)N(C)C(=O)C[C@@H](C(=O)N2CCCCC2)N(C)C(=O)[C@H](C(C)C)N(C)C(=O)C2(CCCC2)NC(=O)[C@@H]2CCCN2C(=O)[C@H](CCc2ccc(C(F)(F)F)c(Cl)c2)NC(=O)CN(C)C(=O)[C@H](CC2CCCCC2)N(C)C(=O)[C@@H]2CCN2C(=O)[C@H](C)N(C)C1=O. The molecule has 4 saturated heterocycles. The van der Waals surface area contributed by atoms with Gasteiger partial charge in [-0.2, -0.15) is 13.2 Å². The van der Waals surface area contributed by atoms with E-state index in [4.69, 9.17) is 11.6 Å². The third kappa shape index (κ3) is 18.4. The van der Waals surface area contributed by atoms with E-state index in [0.29, 0.717) is 57.2 Å². The maximum absolute atomic E-state index is 15.4. The summed E-state index contributed by atoms with van der Waals surface area (Å²) in [6.45, 7) is 12.3. The number of fused-ring (bicyclic) bond motifs is 2. The standard InChI is InChI=1S/C71H108ClF3N12O12/c1-14-44(6)57-67(97)80(9)45(7)62(92)87-37-31-52(87)65(95)81(10)53(39-46-24-17-15-18-25-46)64(94)79(8)41-55(88)76-50(30-28-47-27-29-48(49(72)38-47)71(73,74)75)63(93)86-36-23-26-51(86)60(90)78-70(32-19-20-33-70)69(99)84(13)59(43(4)5)68(98)82(11)54(66(96)85-34-21-16-22-35-85)40-56(89)83(12)58(42(2)3)61(91)77-57/h27,29,38,42-46,50-54,57-59H,14-26,28,30-37,39-41H2,1-13H3,(H,76,88)(H,77,91)(H,78,90)/t44-,45-,50-,51-,52-,53-,54-,57-,58-,59-/m0/s1. The lowest BCUT2D eigenvalue weighted by atomic mass is 9.84. The molecule has 552 valence electrons. The molecule has 0 aromatic heterocycles. The van der Waals surface area contributed by atoms with Crippen molar-refractivity contribution in [3.8, 4) is 0 Å². The van der Waals surface area contributed by atoms with Crippen LogP contribution >= 0.6 is 11.6 Å². The van der Waals surface area contributed by atoms with E-state index in [9.17, 15) is 51.5 Å². The highest BCUT2D eigenvalue weighted by molar-refractivity contribution is 6.31. The number of alkyl halides is 3. The minimum Gasteiger partial charge on any atom is -0.343 e. The molecule has 4 heterocycles. The number of nitrogens with zero attached hydrogens (tertiary/aromatic N) is 9. The van der Waals surface area contributed by atoms with Crippen molar-refractivity contribution < 1.29 is 70.7 Å². The smallest absolute Gasteiger partial charge is 0.343 e. The van der Waals surface area contributed by atoms with Gasteiger partial charge in [0.2, 0.25) is 70.9 Å². The second-order valence-corrected chi connectivity index (χ2v) is 29.9. The molecule has 3 N–H and O–H groups in total. The van der Waals surface area contributed by atoms with Crippen LogP contribution in [0.1, 0.15) is 182 Å². The van der Waals surface area contributed by atoms with Crippen molar-refractivity contribution in [2.24, 2.45) is 23.7 Å². The Morgan fingerprint density at radius 1 is 0.626 bits per heavy atom. The molecule has 2 aliphatic carbocycles. The molecule has 12 amide bonds. The molecule has 1 spiro atoms. The number of likely N-dealkylation sites (N-methyl/N-ethyl adjacent to an activating group) is 6. The van der Waals surface area contributed by atoms with E-state index in [2.05, 4.69) is 16.0 Å². The highest BCUT2D eigenvalue weighted by atomic mass is 35.5. The Labute approximate surface area is 586 Å². The minimum atomic E-state index is -4.76. The molecule has 2 saturated carbocycles. The first-order valence-electron chi connectivity index (χ1n) is 35.8. The fraction of sp³-hybridized carbons (Fsp3) is 0.746. The van der Waals surface area contributed by atoms with Gasteiger partial charge >= 0.3 is 6.18 Å². The van der Waals surface area contributed by atoms with Gasteiger partial charge in [0.25, 0.3) is 0 Å². The summed E-state index contributed by atoms with van der Waals surface area (Å²) >= 11 is 6.15. The Kier molecular flexibility index (Phi) is 27.3. The maximum Gasteiger partial charge on any atom is 0.417 e. The average molecular weight is 1410 g/mol. The van der Waals surface area contributed by atoms with Gasteiger partial charge in [-0.1, -0.05) is 111 Å². The number of carbonyl (C=O) groups excluding carboxylic acids is 12. The van der Waals surface area contributed by atoms with Gasteiger partial charge in [-0.3, -0.25) is 57.5 Å². The normalized spacial score (nSPS) is 28.0. The molecular weight excluding hydrogens is 1310 g/mol. The molecule has 28 heteroatoms. The predicted octanol–water partition coefficient (Wildman–Crippen LogP) is 5.64. The van der Waals surface area contributed by atoms with E-state index in [1.807, 2.05) is 6.92 Å². The summed E-state index contributed by atoms with van der Waals surface area (Å²) < 4.78 is 41.6. The fourth-order valence-corrected chi connectivity index (χ4v) is 15.8. The zero-order chi connectivity index (χ0) is 73.3. The first kappa shape index (κ1) is 79.3. The van der Waals surface area contributed by atoms with Crippen molar-refractivity contribution in [2.75, 3.05) is 75.0 Å². The van der Waals surface area contributed by atoms with Gasteiger partial charge in [0.15, 0.2) is 0 Å². The maximum atomic E-state index is 15.4. The third-order valence-corrected chi connectivity index (χ3v) is 22.3. The van der Waals surface area contributed by atoms with Crippen LogP contribution in [0.15, 0.2) is 18.2 Å². The quantitative estimate of drug-likeness (QED) is 0.257. The Morgan fingerprint density at radius 3 is 1.82 bits per heavy atom.